The van der Waals surface area contributed by atoms with Crippen molar-refractivity contribution in [2.75, 3.05) is 7.05 Å². The Morgan fingerprint density at radius 1 is 1.39 bits per heavy atom. The molecule has 1 aliphatic rings. The third kappa shape index (κ3) is 3.22. The smallest absolute Gasteiger partial charge is 0.240 e. The van der Waals surface area contributed by atoms with Crippen LogP contribution in [0.3, 0.4) is 0 Å². The van der Waals surface area contributed by atoms with Gasteiger partial charge in [0.05, 0.1) is 12.1 Å². The molecule has 0 atom stereocenters. The van der Waals surface area contributed by atoms with Gasteiger partial charge in [0.2, 0.25) is 5.89 Å². The van der Waals surface area contributed by atoms with Gasteiger partial charge in [-0.25, -0.2) is 0 Å². The highest BCUT2D eigenvalue weighted by Crippen LogP contribution is 2.34. The van der Waals surface area contributed by atoms with Crippen molar-refractivity contribution in [2.45, 2.75) is 57.7 Å². The first-order valence-electron chi connectivity index (χ1n) is 6.33. The fourth-order valence-electron chi connectivity index (χ4n) is 2.15. The predicted octanol–water partition coefficient (Wildman–Crippen LogP) is 2.06. The molecule has 0 aliphatic heterocycles. The molecule has 1 aromatic rings. The lowest BCUT2D eigenvalue weighted by molar-refractivity contribution is 0.225. The van der Waals surface area contributed by atoms with Crippen molar-refractivity contribution in [3.05, 3.63) is 11.7 Å². The van der Waals surface area contributed by atoms with Gasteiger partial charge in [0.25, 0.3) is 0 Å². The maximum Gasteiger partial charge on any atom is 0.240 e. The zero-order valence-electron chi connectivity index (χ0n) is 11.3. The van der Waals surface area contributed by atoms with Crippen molar-refractivity contribution >= 4 is 12.4 Å². The highest BCUT2D eigenvalue weighted by atomic mass is 35.5. The van der Waals surface area contributed by atoms with E-state index < -0.39 is 0 Å². The molecule has 6 heteroatoms. The molecule has 104 valence electrons. The van der Waals surface area contributed by atoms with Gasteiger partial charge in [-0.05, 0) is 33.7 Å². The Morgan fingerprint density at radius 2 is 2.00 bits per heavy atom. The Kier molecular flexibility index (Phi) is 5.13. The number of rotatable bonds is 4. The molecule has 2 N–H and O–H groups in total. The lowest BCUT2D eigenvalue weighted by atomic mass is 9.99. The molecule has 1 saturated carbocycles. The predicted molar refractivity (Wildman–Crippen MR) is 72.5 cm³/mol. The maximum atomic E-state index is 6.29. The third-order valence-electron chi connectivity index (χ3n) is 3.68. The standard InChI is InChI=1S/C12H22N4O.ClH/c1-9(2)16(3)8-10-14-11(15-17-10)12(13)6-4-5-7-12;/h9H,4-8,13H2,1-3H3;1H. The molecule has 0 spiro atoms. The lowest BCUT2D eigenvalue weighted by Crippen LogP contribution is -2.34. The van der Waals surface area contributed by atoms with E-state index in [1.165, 1.54) is 0 Å². The van der Waals surface area contributed by atoms with Crippen molar-refractivity contribution in [3.8, 4) is 0 Å². The van der Waals surface area contributed by atoms with Gasteiger partial charge >= 0.3 is 0 Å². The van der Waals surface area contributed by atoms with Crippen LogP contribution in [0.2, 0.25) is 0 Å². The minimum absolute atomic E-state index is 0. The molecule has 18 heavy (non-hydrogen) atoms. The summed E-state index contributed by atoms with van der Waals surface area (Å²) in [5.41, 5.74) is 5.94. The van der Waals surface area contributed by atoms with Gasteiger partial charge in [-0.15, -0.1) is 12.4 Å². The fourth-order valence-corrected chi connectivity index (χ4v) is 2.15. The summed E-state index contributed by atoms with van der Waals surface area (Å²) in [5.74, 6) is 1.34. The van der Waals surface area contributed by atoms with Gasteiger partial charge in [0, 0.05) is 6.04 Å². The van der Waals surface area contributed by atoms with Crippen molar-refractivity contribution in [3.63, 3.8) is 0 Å². The second-order valence-electron chi connectivity index (χ2n) is 5.38. The summed E-state index contributed by atoms with van der Waals surface area (Å²) in [5, 5.41) is 4.04. The average Bonchev–Trinajstić information content (AvgIpc) is 2.88. The zero-order valence-corrected chi connectivity index (χ0v) is 12.2. The van der Waals surface area contributed by atoms with E-state index in [2.05, 4.69) is 28.9 Å². The van der Waals surface area contributed by atoms with Crippen LogP contribution in [0.4, 0.5) is 0 Å². The van der Waals surface area contributed by atoms with Gasteiger partial charge in [0.1, 0.15) is 0 Å². The molecule has 1 heterocycles. The van der Waals surface area contributed by atoms with E-state index >= 15 is 0 Å². The van der Waals surface area contributed by atoms with Crippen molar-refractivity contribution in [1.82, 2.24) is 15.0 Å². The largest absolute Gasteiger partial charge is 0.338 e. The Bertz CT molecular complexity index is 374. The SMILES string of the molecule is CC(C)N(C)Cc1nc(C2(N)CCCC2)no1.Cl. The van der Waals surface area contributed by atoms with Gasteiger partial charge in [-0.3, -0.25) is 4.90 Å². The molecule has 0 saturated heterocycles. The number of nitrogens with two attached hydrogens (primary N) is 1. The van der Waals surface area contributed by atoms with Gasteiger partial charge in [-0.2, -0.15) is 4.98 Å². The van der Waals surface area contributed by atoms with E-state index in [1.807, 2.05) is 7.05 Å². The van der Waals surface area contributed by atoms with Crippen LogP contribution in [0.25, 0.3) is 0 Å². The minimum Gasteiger partial charge on any atom is -0.338 e. The monoisotopic (exact) mass is 274 g/mol. The third-order valence-corrected chi connectivity index (χ3v) is 3.68. The molecule has 0 aromatic carbocycles. The maximum absolute atomic E-state index is 6.29. The number of hydrogen-bond acceptors (Lipinski definition) is 5. The fraction of sp³-hybridized carbons (Fsp3) is 0.833. The second-order valence-corrected chi connectivity index (χ2v) is 5.38. The lowest BCUT2D eigenvalue weighted by Gasteiger charge is -2.19. The average molecular weight is 275 g/mol. The molecule has 1 aromatic heterocycles. The first-order valence-corrected chi connectivity index (χ1v) is 6.33. The Morgan fingerprint density at radius 3 is 2.56 bits per heavy atom. The molecule has 1 fully saturated rings. The van der Waals surface area contributed by atoms with Crippen LogP contribution in [0.15, 0.2) is 4.52 Å². The van der Waals surface area contributed by atoms with Crippen molar-refractivity contribution < 1.29 is 4.52 Å². The first-order chi connectivity index (χ1) is 8.01. The number of nitrogens with zero attached hydrogens (tertiary/aromatic N) is 3. The minimum atomic E-state index is -0.349. The summed E-state index contributed by atoms with van der Waals surface area (Å²) >= 11 is 0. The van der Waals surface area contributed by atoms with E-state index in [1.54, 1.807) is 0 Å². The normalized spacial score (nSPS) is 18.3. The van der Waals surface area contributed by atoms with Crippen LogP contribution in [-0.4, -0.2) is 28.1 Å². The van der Waals surface area contributed by atoms with Gasteiger partial charge in [0.15, 0.2) is 5.82 Å². The van der Waals surface area contributed by atoms with Crippen molar-refractivity contribution in [1.29, 1.82) is 0 Å². The topological polar surface area (TPSA) is 68.2 Å². The van der Waals surface area contributed by atoms with Gasteiger partial charge in [-0.1, -0.05) is 18.0 Å². The van der Waals surface area contributed by atoms with Crippen LogP contribution >= 0.6 is 12.4 Å². The molecule has 0 radical (unpaired) electrons. The summed E-state index contributed by atoms with van der Waals surface area (Å²) < 4.78 is 5.28. The molecule has 0 amide bonds. The molecular weight excluding hydrogens is 252 g/mol. The molecule has 5 nitrogen and oxygen atoms in total. The molecule has 2 rings (SSSR count). The van der Waals surface area contributed by atoms with E-state index in [0.29, 0.717) is 24.3 Å². The van der Waals surface area contributed by atoms with Gasteiger partial charge < -0.3 is 10.3 Å². The quantitative estimate of drug-likeness (QED) is 0.910. The van der Waals surface area contributed by atoms with E-state index in [0.717, 1.165) is 25.7 Å². The van der Waals surface area contributed by atoms with E-state index in [-0.39, 0.29) is 17.9 Å². The number of halogens is 1. The summed E-state index contributed by atoms with van der Waals surface area (Å²) in [7, 11) is 2.04. The highest BCUT2D eigenvalue weighted by molar-refractivity contribution is 5.85. The van der Waals surface area contributed by atoms with Crippen molar-refractivity contribution in [2.24, 2.45) is 5.73 Å². The summed E-state index contributed by atoms with van der Waals surface area (Å²) in [6.07, 6.45) is 4.25. The Labute approximate surface area is 115 Å². The Hall–Kier alpha value is -0.650. The number of hydrogen-bond donors (Lipinski definition) is 1. The van der Waals surface area contributed by atoms with Crippen LogP contribution < -0.4 is 5.73 Å². The summed E-state index contributed by atoms with van der Waals surface area (Å²) in [6.45, 7) is 4.96. The number of aromatic nitrogens is 2. The first kappa shape index (κ1) is 15.4. The summed E-state index contributed by atoms with van der Waals surface area (Å²) in [4.78, 5) is 6.60. The molecule has 1 aliphatic carbocycles. The Balaban J connectivity index is 0.00000162. The van der Waals surface area contributed by atoms with E-state index in [4.69, 9.17) is 10.3 Å². The zero-order chi connectivity index (χ0) is 12.5. The second kappa shape index (κ2) is 5.99. The molecule has 0 bridgehead atoms. The van der Waals surface area contributed by atoms with Crippen LogP contribution in [-0.2, 0) is 12.1 Å². The van der Waals surface area contributed by atoms with Crippen LogP contribution in [0.5, 0.6) is 0 Å². The molecule has 0 unspecified atom stereocenters. The van der Waals surface area contributed by atoms with E-state index in [9.17, 15) is 0 Å². The van der Waals surface area contributed by atoms with Crippen LogP contribution in [0, 0.1) is 0 Å². The highest BCUT2D eigenvalue weighted by Gasteiger charge is 2.35. The molecular formula is C12H23ClN4O. The summed E-state index contributed by atoms with van der Waals surface area (Å²) in [6, 6.07) is 0.462. The van der Waals surface area contributed by atoms with Crippen LogP contribution in [0.1, 0.15) is 51.2 Å².